The SMILES string of the molecule is CCCc1cc(N2CCC(NCCN)C2)nc(Nc2cccc(C(=O)[C@@H](O)c3ccccc3)c2)n1. The molecule has 0 spiro atoms. The van der Waals surface area contributed by atoms with Crippen LogP contribution in [-0.2, 0) is 6.42 Å². The third-order valence-electron chi connectivity index (χ3n) is 6.13. The van der Waals surface area contributed by atoms with Crippen LogP contribution in [0.1, 0.15) is 47.5 Å². The number of aryl methyl sites for hydroxylation is 1. The molecule has 0 aliphatic carbocycles. The molecule has 4 rings (SSSR count). The second kappa shape index (κ2) is 11.9. The van der Waals surface area contributed by atoms with Crippen molar-refractivity contribution in [1.82, 2.24) is 15.3 Å². The Hall–Kier alpha value is -3.33. The van der Waals surface area contributed by atoms with Gasteiger partial charge >= 0.3 is 0 Å². The van der Waals surface area contributed by atoms with E-state index in [1.54, 1.807) is 42.5 Å². The number of benzene rings is 2. The zero-order chi connectivity index (χ0) is 24.6. The third-order valence-corrected chi connectivity index (χ3v) is 6.13. The van der Waals surface area contributed by atoms with Gasteiger partial charge in [-0.1, -0.05) is 55.8 Å². The summed E-state index contributed by atoms with van der Waals surface area (Å²) in [6, 6.07) is 18.5. The second-order valence-corrected chi connectivity index (χ2v) is 8.85. The number of nitrogens with two attached hydrogens (primary N) is 1. The second-order valence-electron chi connectivity index (χ2n) is 8.85. The van der Waals surface area contributed by atoms with Crippen molar-refractivity contribution in [2.24, 2.45) is 5.73 Å². The van der Waals surface area contributed by atoms with Crippen LogP contribution < -0.4 is 21.3 Å². The minimum Gasteiger partial charge on any atom is -0.380 e. The molecule has 5 N–H and O–H groups in total. The molecule has 1 saturated heterocycles. The molecule has 35 heavy (non-hydrogen) atoms. The highest BCUT2D eigenvalue weighted by molar-refractivity contribution is 6.00. The fourth-order valence-corrected chi connectivity index (χ4v) is 4.33. The molecule has 2 heterocycles. The average Bonchev–Trinajstić information content (AvgIpc) is 3.36. The van der Waals surface area contributed by atoms with Crippen molar-refractivity contribution in [2.45, 2.75) is 38.3 Å². The summed E-state index contributed by atoms with van der Waals surface area (Å²) in [7, 11) is 0. The van der Waals surface area contributed by atoms with Gasteiger partial charge in [-0.25, -0.2) is 4.98 Å². The Morgan fingerprint density at radius 3 is 2.77 bits per heavy atom. The number of hydrogen-bond donors (Lipinski definition) is 4. The number of carbonyl (C=O) groups is 1. The van der Waals surface area contributed by atoms with Crippen molar-refractivity contribution in [2.75, 3.05) is 36.4 Å². The number of rotatable bonds is 11. The smallest absolute Gasteiger partial charge is 0.229 e. The number of nitrogens with one attached hydrogen (secondary N) is 2. The fraction of sp³-hybridized carbons (Fsp3) is 0.370. The summed E-state index contributed by atoms with van der Waals surface area (Å²) in [5.74, 6) is 1.04. The first kappa shape index (κ1) is 24.8. The number of hydrogen-bond acceptors (Lipinski definition) is 8. The van der Waals surface area contributed by atoms with Gasteiger partial charge in [0.2, 0.25) is 5.95 Å². The summed E-state index contributed by atoms with van der Waals surface area (Å²) in [6.07, 6.45) is 1.68. The van der Waals surface area contributed by atoms with Gasteiger partial charge in [0.15, 0.2) is 5.78 Å². The molecular weight excluding hydrogens is 440 g/mol. The zero-order valence-electron chi connectivity index (χ0n) is 20.2. The minimum atomic E-state index is -1.21. The average molecular weight is 475 g/mol. The summed E-state index contributed by atoms with van der Waals surface area (Å²) in [4.78, 5) is 24.6. The topological polar surface area (TPSA) is 116 Å². The minimum absolute atomic E-state index is 0.353. The Labute approximate surface area is 206 Å². The van der Waals surface area contributed by atoms with Crippen molar-refractivity contribution < 1.29 is 9.90 Å². The predicted molar refractivity (Wildman–Crippen MR) is 139 cm³/mol. The molecule has 0 radical (unpaired) electrons. The number of aliphatic hydroxyl groups excluding tert-OH is 1. The first-order chi connectivity index (χ1) is 17.1. The molecule has 1 fully saturated rings. The van der Waals surface area contributed by atoms with Crippen molar-refractivity contribution in [3.05, 3.63) is 77.5 Å². The Morgan fingerprint density at radius 2 is 2.00 bits per heavy atom. The summed E-state index contributed by atoms with van der Waals surface area (Å²) >= 11 is 0. The number of carbonyl (C=O) groups excluding carboxylic acids is 1. The van der Waals surface area contributed by atoms with Gasteiger partial charge in [-0.15, -0.1) is 0 Å². The number of Topliss-reactive ketones (excluding diaryl/α,β-unsaturated/α-hetero) is 1. The summed E-state index contributed by atoms with van der Waals surface area (Å²) in [5.41, 5.74) is 8.30. The van der Waals surface area contributed by atoms with Crippen LogP contribution in [-0.4, -0.2) is 53.1 Å². The molecule has 0 amide bonds. The lowest BCUT2D eigenvalue weighted by Gasteiger charge is -2.20. The van der Waals surface area contributed by atoms with Crippen molar-refractivity contribution in [3.63, 3.8) is 0 Å². The number of aliphatic hydroxyl groups is 1. The molecule has 1 unspecified atom stereocenters. The molecule has 184 valence electrons. The van der Waals surface area contributed by atoms with Crippen molar-refractivity contribution in [3.8, 4) is 0 Å². The van der Waals surface area contributed by atoms with E-state index in [1.807, 2.05) is 12.1 Å². The lowest BCUT2D eigenvalue weighted by molar-refractivity contribution is 0.0747. The van der Waals surface area contributed by atoms with Gasteiger partial charge in [0, 0.05) is 55.2 Å². The monoisotopic (exact) mass is 474 g/mol. The highest BCUT2D eigenvalue weighted by Gasteiger charge is 2.24. The Bertz CT molecular complexity index is 1120. The Kier molecular flexibility index (Phi) is 8.41. The van der Waals surface area contributed by atoms with Gasteiger partial charge in [-0.3, -0.25) is 4.79 Å². The molecule has 2 atom stereocenters. The van der Waals surface area contributed by atoms with Gasteiger partial charge in [-0.2, -0.15) is 4.98 Å². The van der Waals surface area contributed by atoms with Gasteiger partial charge < -0.3 is 26.4 Å². The molecule has 1 aliphatic rings. The van der Waals surface area contributed by atoms with E-state index in [2.05, 4.69) is 28.5 Å². The quantitative estimate of drug-likeness (QED) is 0.313. The molecule has 1 aromatic heterocycles. The summed E-state index contributed by atoms with van der Waals surface area (Å²) < 4.78 is 0. The van der Waals surface area contributed by atoms with Crippen LogP contribution in [0.3, 0.4) is 0 Å². The lowest BCUT2D eigenvalue weighted by Crippen LogP contribution is -2.35. The largest absolute Gasteiger partial charge is 0.380 e. The molecule has 0 bridgehead atoms. The standard InChI is InChI=1S/C27H34N6O2/c1-2-7-21-17-24(33-15-12-23(18-33)29-14-13-28)32-27(30-21)31-22-11-6-10-20(16-22)26(35)25(34)19-8-4-3-5-9-19/h3-6,8-11,16-17,23,25,29,34H,2,7,12-15,18,28H2,1H3,(H,30,31,32)/t23?,25-/m0/s1. The predicted octanol–water partition coefficient (Wildman–Crippen LogP) is 3.22. The van der Waals surface area contributed by atoms with Crippen LogP contribution in [0.25, 0.3) is 0 Å². The van der Waals surface area contributed by atoms with E-state index in [9.17, 15) is 9.90 Å². The van der Waals surface area contributed by atoms with Crippen LogP contribution in [0.5, 0.6) is 0 Å². The lowest BCUT2D eigenvalue weighted by atomic mass is 10.00. The van der Waals surface area contributed by atoms with E-state index in [4.69, 9.17) is 15.7 Å². The molecule has 2 aromatic carbocycles. The number of nitrogens with zero attached hydrogens (tertiary/aromatic N) is 3. The van der Waals surface area contributed by atoms with E-state index in [-0.39, 0.29) is 5.78 Å². The van der Waals surface area contributed by atoms with Crippen molar-refractivity contribution in [1.29, 1.82) is 0 Å². The first-order valence-corrected chi connectivity index (χ1v) is 12.3. The molecular formula is C27H34N6O2. The van der Waals surface area contributed by atoms with Crippen LogP contribution in [0.2, 0.25) is 0 Å². The van der Waals surface area contributed by atoms with Gasteiger partial charge in [-0.05, 0) is 30.5 Å². The highest BCUT2D eigenvalue weighted by Crippen LogP contribution is 2.25. The highest BCUT2D eigenvalue weighted by atomic mass is 16.3. The van der Waals surface area contributed by atoms with E-state index in [1.165, 1.54) is 0 Å². The van der Waals surface area contributed by atoms with E-state index in [0.717, 1.165) is 50.4 Å². The number of ketones is 1. The van der Waals surface area contributed by atoms with Crippen LogP contribution in [0.15, 0.2) is 60.7 Å². The van der Waals surface area contributed by atoms with E-state index < -0.39 is 6.10 Å². The normalized spacial score (nSPS) is 16.3. The summed E-state index contributed by atoms with van der Waals surface area (Å²) in [5, 5.41) is 17.3. The van der Waals surface area contributed by atoms with E-state index in [0.29, 0.717) is 35.3 Å². The number of anilines is 3. The molecule has 8 heteroatoms. The fourth-order valence-electron chi connectivity index (χ4n) is 4.33. The maximum Gasteiger partial charge on any atom is 0.229 e. The maximum atomic E-state index is 12.9. The molecule has 8 nitrogen and oxygen atoms in total. The van der Waals surface area contributed by atoms with Crippen LogP contribution in [0, 0.1) is 0 Å². The van der Waals surface area contributed by atoms with Crippen LogP contribution in [0.4, 0.5) is 17.5 Å². The van der Waals surface area contributed by atoms with Crippen molar-refractivity contribution >= 4 is 23.2 Å². The molecule has 1 aliphatic heterocycles. The Balaban J connectivity index is 1.52. The Morgan fingerprint density at radius 1 is 1.17 bits per heavy atom. The van der Waals surface area contributed by atoms with Gasteiger partial charge in [0.1, 0.15) is 11.9 Å². The maximum absolute atomic E-state index is 12.9. The number of aromatic nitrogens is 2. The molecule has 0 saturated carbocycles. The third kappa shape index (κ3) is 6.42. The van der Waals surface area contributed by atoms with Gasteiger partial charge in [0.25, 0.3) is 0 Å². The van der Waals surface area contributed by atoms with E-state index >= 15 is 0 Å². The zero-order valence-corrected chi connectivity index (χ0v) is 20.2. The summed E-state index contributed by atoms with van der Waals surface area (Å²) in [6.45, 7) is 5.37. The van der Waals surface area contributed by atoms with Gasteiger partial charge in [0.05, 0.1) is 0 Å². The first-order valence-electron chi connectivity index (χ1n) is 12.3. The molecule has 3 aromatic rings. The van der Waals surface area contributed by atoms with Crippen LogP contribution >= 0.6 is 0 Å².